The van der Waals surface area contributed by atoms with Crippen LogP contribution in [-0.2, 0) is 4.79 Å². The van der Waals surface area contributed by atoms with Crippen LogP contribution in [-0.4, -0.2) is 35.2 Å². The Morgan fingerprint density at radius 1 is 1.53 bits per heavy atom. The average Bonchev–Trinajstić information content (AvgIpc) is 2.70. The molecule has 1 heterocycles. The van der Waals surface area contributed by atoms with Gasteiger partial charge in [-0.3, -0.25) is 4.79 Å². The zero-order valence-electron chi connectivity index (χ0n) is 9.64. The van der Waals surface area contributed by atoms with Crippen LogP contribution in [0, 0.1) is 5.82 Å². The molecule has 0 aliphatic carbocycles. The molecule has 1 aliphatic heterocycles. The first-order valence-corrected chi connectivity index (χ1v) is 5.59. The average molecular weight is 238 g/mol. The topological polar surface area (TPSA) is 43.8 Å². The first-order chi connectivity index (χ1) is 8.13. The van der Waals surface area contributed by atoms with Crippen LogP contribution in [0.5, 0.6) is 0 Å². The number of hydrazine groups is 1. The summed E-state index contributed by atoms with van der Waals surface area (Å²) in [5.74, 6) is -0.449. The number of hydrogen-bond donors (Lipinski definition) is 1. The van der Waals surface area contributed by atoms with E-state index >= 15 is 0 Å². The number of benzene rings is 1. The molecule has 0 bridgehead atoms. The van der Waals surface area contributed by atoms with E-state index in [1.165, 1.54) is 17.1 Å². The van der Waals surface area contributed by atoms with E-state index < -0.39 is 0 Å². The van der Waals surface area contributed by atoms with Gasteiger partial charge in [-0.05, 0) is 25.1 Å². The molecule has 1 fully saturated rings. The maximum absolute atomic E-state index is 13.2. The van der Waals surface area contributed by atoms with E-state index in [9.17, 15) is 9.18 Å². The van der Waals surface area contributed by atoms with Crippen molar-refractivity contribution >= 4 is 11.6 Å². The van der Waals surface area contributed by atoms with Gasteiger partial charge in [0.25, 0.3) is 0 Å². The SMILES string of the molecule is CC(CO)N1CCC(=O)N1c1cccc(F)c1. The summed E-state index contributed by atoms with van der Waals surface area (Å²) in [7, 11) is 0. The molecule has 0 saturated carbocycles. The lowest BCUT2D eigenvalue weighted by molar-refractivity contribution is -0.118. The van der Waals surface area contributed by atoms with E-state index in [0.717, 1.165) is 0 Å². The maximum Gasteiger partial charge on any atom is 0.242 e. The Labute approximate surface area is 99.2 Å². The first kappa shape index (κ1) is 12.0. The zero-order valence-corrected chi connectivity index (χ0v) is 9.64. The normalized spacial score (nSPS) is 18.8. The predicted octanol–water partition coefficient (Wildman–Crippen LogP) is 1.16. The number of carbonyl (C=O) groups is 1. The van der Waals surface area contributed by atoms with Gasteiger partial charge in [0.15, 0.2) is 0 Å². The summed E-state index contributed by atoms with van der Waals surface area (Å²) in [4.78, 5) is 11.8. The van der Waals surface area contributed by atoms with Crippen molar-refractivity contribution < 1.29 is 14.3 Å². The summed E-state index contributed by atoms with van der Waals surface area (Å²) in [5.41, 5.74) is 0.507. The van der Waals surface area contributed by atoms with Gasteiger partial charge in [-0.15, -0.1) is 0 Å². The monoisotopic (exact) mass is 238 g/mol. The van der Waals surface area contributed by atoms with Crippen molar-refractivity contribution in [1.29, 1.82) is 0 Å². The number of rotatable bonds is 3. The van der Waals surface area contributed by atoms with Crippen molar-refractivity contribution in [1.82, 2.24) is 5.01 Å². The van der Waals surface area contributed by atoms with E-state index in [-0.39, 0.29) is 24.4 Å². The minimum Gasteiger partial charge on any atom is -0.395 e. The molecule has 1 saturated heterocycles. The lowest BCUT2D eigenvalue weighted by atomic mass is 10.3. The summed E-state index contributed by atoms with van der Waals surface area (Å²) in [5, 5.41) is 12.4. The predicted molar refractivity (Wildman–Crippen MR) is 61.8 cm³/mol. The Kier molecular flexibility index (Phi) is 3.40. The molecule has 0 spiro atoms. The third-order valence-corrected chi connectivity index (χ3v) is 2.87. The molecule has 92 valence electrons. The second kappa shape index (κ2) is 4.81. The van der Waals surface area contributed by atoms with Crippen LogP contribution in [0.2, 0.25) is 0 Å². The Hall–Kier alpha value is -1.46. The molecule has 1 atom stereocenters. The molecule has 1 aromatic carbocycles. The van der Waals surface area contributed by atoms with Gasteiger partial charge in [-0.1, -0.05) is 6.07 Å². The fourth-order valence-corrected chi connectivity index (χ4v) is 1.97. The third-order valence-electron chi connectivity index (χ3n) is 2.87. The molecule has 1 N–H and O–H groups in total. The Bertz CT molecular complexity index is 425. The highest BCUT2D eigenvalue weighted by molar-refractivity contribution is 5.94. The van der Waals surface area contributed by atoms with Gasteiger partial charge >= 0.3 is 0 Å². The van der Waals surface area contributed by atoms with Gasteiger partial charge in [0.2, 0.25) is 5.91 Å². The Balaban J connectivity index is 2.30. The van der Waals surface area contributed by atoms with Crippen LogP contribution in [0.25, 0.3) is 0 Å². The lowest BCUT2D eigenvalue weighted by Gasteiger charge is -2.32. The molecule has 17 heavy (non-hydrogen) atoms. The summed E-state index contributed by atoms with van der Waals surface area (Å²) in [6, 6.07) is 5.75. The molecule has 0 aromatic heterocycles. The van der Waals surface area contributed by atoms with Crippen LogP contribution in [0.1, 0.15) is 13.3 Å². The number of aliphatic hydroxyl groups excluding tert-OH is 1. The van der Waals surface area contributed by atoms with Crippen LogP contribution in [0.4, 0.5) is 10.1 Å². The van der Waals surface area contributed by atoms with Crippen LogP contribution in [0.15, 0.2) is 24.3 Å². The molecule has 1 aliphatic rings. The largest absolute Gasteiger partial charge is 0.395 e. The second-order valence-electron chi connectivity index (χ2n) is 4.13. The van der Waals surface area contributed by atoms with Crippen molar-refractivity contribution in [2.75, 3.05) is 18.2 Å². The molecular weight excluding hydrogens is 223 g/mol. The molecule has 4 nitrogen and oxygen atoms in total. The van der Waals surface area contributed by atoms with Crippen LogP contribution in [0.3, 0.4) is 0 Å². The number of nitrogens with zero attached hydrogens (tertiary/aromatic N) is 2. The summed E-state index contributed by atoms with van der Waals surface area (Å²) < 4.78 is 13.2. The van der Waals surface area contributed by atoms with Gasteiger partial charge in [0, 0.05) is 13.0 Å². The fraction of sp³-hybridized carbons (Fsp3) is 0.417. The van der Waals surface area contributed by atoms with Gasteiger partial charge in [-0.25, -0.2) is 14.4 Å². The Morgan fingerprint density at radius 3 is 2.94 bits per heavy atom. The second-order valence-corrected chi connectivity index (χ2v) is 4.13. The van der Waals surface area contributed by atoms with Crippen molar-refractivity contribution in [3.63, 3.8) is 0 Å². The standard InChI is InChI=1S/C12H15FN2O2/c1-9(8-16)14-6-5-12(17)15(14)11-4-2-3-10(13)7-11/h2-4,7,9,16H,5-6,8H2,1H3. The van der Waals surface area contributed by atoms with Crippen molar-refractivity contribution in [3.8, 4) is 0 Å². The molecule has 5 heteroatoms. The highest BCUT2D eigenvalue weighted by Crippen LogP contribution is 2.24. The lowest BCUT2D eigenvalue weighted by Crippen LogP contribution is -2.46. The number of carbonyl (C=O) groups excluding carboxylic acids is 1. The van der Waals surface area contributed by atoms with E-state index in [4.69, 9.17) is 5.11 Å². The number of anilines is 1. The van der Waals surface area contributed by atoms with Gasteiger partial charge in [0.1, 0.15) is 5.82 Å². The third kappa shape index (κ3) is 2.30. The minimum atomic E-state index is -0.376. The first-order valence-electron chi connectivity index (χ1n) is 5.59. The number of halogens is 1. The number of amides is 1. The molecule has 1 amide bonds. The van der Waals surface area contributed by atoms with Gasteiger partial charge < -0.3 is 5.11 Å². The van der Waals surface area contributed by atoms with Gasteiger partial charge in [0.05, 0.1) is 18.3 Å². The van der Waals surface area contributed by atoms with Crippen molar-refractivity contribution in [2.24, 2.45) is 0 Å². The van der Waals surface area contributed by atoms with E-state index in [2.05, 4.69) is 0 Å². The molecular formula is C12H15FN2O2. The quantitative estimate of drug-likeness (QED) is 0.859. The van der Waals surface area contributed by atoms with Crippen LogP contribution < -0.4 is 5.01 Å². The molecule has 1 aromatic rings. The molecule has 0 radical (unpaired) electrons. The highest BCUT2D eigenvalue weighted by atomic mass is 19.1. The Morgan fingerprint density at radius 2 is 2.29 bits per heavy atom. The highest BCUT2D eigenvalue weighted by Gasteiger charge is 2.33. The van der Waals surface area contributed by atoms with Crippen LogP contribution >= 0.6 is 0 Å². The fourth-order valence-electron chi connectivity index (χ4n) is 1.97. The molecule has 2 rings (SSSR count). The number of aliphatic hydroxyl groups is 1. The van der Waals surface area contributed by atoms with Crippen molar-refractivity contribution in [3.05, 3.63) is 30.1 Å². The van der Waals surface area contributed by atoms with Crippen molar-refractivity contribution in [2.45, 2.75) is 19.4 Å². The number of hydrogen-bond acceptors (Lipinski definition) is 3. The molecule has 1 unspecified atom stereocenters. The summed E-state index contributed by atoms with van der Waals surface area (Å²) in [6.45, 7) is 2.33. The minimum absolute atomic E-state index is 0.0426. The van der Waals surface area contributed by atoms with E-state index in [1.54, 1.807) is 17.1 Å². The smallest absolute Gasteiger partial charge is 0.242 e. The maximum atomic E-state index is 13.2. The van der Waals surface area contributed by atoms with E-state index in [0.29, 0.717) is 18.7 Å². The van der Waals surface area contributed by atoms with E-state index in [1.807, 2.05) is 6.92 Å². The summed E-state index contributed by atoms with van der Waals surface area (Å²) >= 11 is 0. The summed E-state index contributed by atoms with van der Waals surface area (Å²) in [6.07, 6.45) is 0.390. The zero-order chi connectivity index (χ0) is 12.4. The van der Waals surface area contributed by atoms with Gasteiger partial charge in [-0.2, -0.15) is 0 Å².